The van der Waals surface area contributed by atoms with Crippen LogP contribution in [0.25, 0.3) is 0 Å². The van der Waals surface area contributed by atoms with Gasteiger partial charge in [0.2, 0.25) is 5.91 Å². The molecule has 19 heavy (non-hydrogen) atoms. The zero-order chi connectivity index (χ0) is 13.7. The Morgan fingerprint density at radius 3 is 2.63 bits per heavy atom. The van der Waals surface area contributed by atoms with Gasteiger partial charge < -0.3 is 15.8 Å². The largest absolute Gasteiger partial charge is 0.487 e. The van der Waals surface area contributed by atoms with Gasteiger partial charge in [-0.3, -0.25) is 4.79 Å². The summed E-state index contributed by atoms with van der Waals surface area (Å²) in [6.45, 7) is 0.367. The Bertz CT molecular complexity index is 567. The van der Waals surface area contributed by atoms with Crippen LogP contribution in [0.4, 0.5) is 5.82 Å². The number of carbonyl (C=O) groups is 1. The number of ether oxygens (including phenoxy) is 1. The molecule has 0 unspecified atom stereocenters. The van der Waals surface area contributed by atoms with Gasteiger partial charge in [0.1, 0.15) is 18.2 Å². The van der Waals surface area contributed by atoms with E-state index < -0.39 is 5.91 Å². The molecule has 0 saturated heterocycles. The third-order valence-corrected chi connectivity index (χ3v) is 2.59. The second-order valence-electron chi connectivity index (χ2n) is 3.94. The summed E-state index contributed by atoms with van der Waals surface area (Å²) in [5, 5.41) is 2.97. The van der Waals surface area contributed by atoms with Crippen molar-refractivity contribution in [2.75, 3.05) is 12.4 Å². The fraction of sp³-hybridized carbons (Fsp3) is 0.143. The molecule has 1 aromatic carbocycles. The molecule has 0 saturated carbocycles. The van der Waals surface area contributed by atoms with Crippen molar-refractivity contribution >= 4 is 11.7 Å². The Labute approximate surface area is 111 Å². The topological polar surface area (TPSA) is 77.2 Å². The van der Waals surface area contributed by atoms with E-state index in [1.54, 1.807) is 24.3 Å². The lowest BCUT2D eigenvalue weighted by atomic mass is 10.2. The third-order valence-electron chi connectivity index (χ3n) is 2.59. The highest BCUT2D eigenvalue weighted by atomic mass is 16.5. The number of nitrogens with one attached hydrogen (secondary N) is 1. The van der Waals surface area contributed by atoms with Crippen LogP contribution in [0.5, 0.6) is 5.75 Å². The normalized spacial score (nSPS) is 9.95. The average Bonchev–Trinajstić information content (AvgIpc) is 2.46. The lowest BCUT2D eigenvalue weighted by Crippen LogP contribution is -2.10. The highest BCUT2D eigenvalue weighted by Crippen LogP contribution is 2.14. The summed E-state index contributed by atoms with van der Waals surface area (Å²) in [5.41, 5.74) is 6.45. The molecule has 2 aromatic rings. The third kappa shape index (κ3) is 3.45. The molecule has 3 N–H and O–H groups in total. The number of benzene rings is 1. The number of anilines is 1. The van der Waals surface area contributed by atoms with Crippen LogP contribution in [-0.2, 0) is 6.61 Å². The van der Waals surface area contributed by atoms with Crippen LogP contribution >= 0.6 is 0 Å². The number of hydrogen-bond donors (Lipinski definition) is 2. The van der Waals surface area contributed by atoms with E-state index in [-0.39, 0.29) is 0 Å². The molecule has 0 aliphatic carbocycles. The van der Waals surface area contributed by atoms with E-state index in [2.05, 4.69) is 10.3 Å². The summed E-state index contributed by atoms with van der Waals surface area (Å²) in [6.07, 6.45) is 0. The summed E-state index contributed by atoms with van der Waals surface area (Å²) >= 11 is 0. The minimum atomic E-state index is -0.449. The lowest BCUT2D eigenvalue weighted by molar-refractivity contribution is 0.100. The van der Waals surface area contributed by atoms with Crippen LogP contribution in [0.1, 0.15) is 16.1 Å². The quantitative estimate of drug-likeness (QED) is 0.856. The van der Waals surface area contributed by atoms with Gasteiger partial charge in [-0.15, -0.1) is 0 Å². The number of pyridine rings is 1. The monoisotopic (exact) mass is 257 g/mol. The number of carbonyl (C=O) groups excluding carboxylic acids is 1. The van der Waals surface area contributed by atoms with Crippen molar-refractivity contribution in [3.05, 3.63) is 53.7 Å². The van der Waals surface area contributed by atoms with Crippen molar-refractivity contribution in [3.8, 4) is 5.75 Å². The van der Waals surface area contributed by atoms with Crippen LogP contribution < -0.4 is 15.8 Å². The highest BCUT2D eigenvalue weighted by Gasteiger charge is 2.01. The Balaban J connectivity index is 1.99. The minimum Gasteiger partial charge on any atom is -0.487 e. The molecule has 1 amide bonds. The van der Waals surface area contributed by atoms with Crippen LogP contribution in [-0.4, -0.2) is 17.9 Å². The summed E-state index contributed by atoms with van der Waals surface area (Å²) in [7, 11) is 1.82. The second kappa shape index (κ2) is 5.86. The van der Waals surface area contributed by atoms with Gasteiger partial charge in [-0.25, -0.2) is 4.98 Å². The van der Waals surface area contributed by atoms with E-state index in [1.807, 2.05) is 25.2 Å². The van der Waals surface area contributed by atoms with E-state index in [1.165, 1.54) is 0 Å². The van der Waals surface area contributed by atoms with E-state index in [9.17, 15) is 4.79 Å². The summed E-state index contributed by atoms with van der Waals surface area (Å²) in [5.74, 6) is 1.02. The number of nitrogens with two attached hydrogens (primary N) is 1. The number of nitrogens with zero attached hydrogens (tertiary/aromatic N) is 1. The van der Waals surface area contributed by atoms with E-state index in [4.69, 9.17) is 10.5 Å². The molecular formula is C14H15N3O2. The van der Waals surface area contributed by atoms with Crippen LogP contribution in [0.15, 0.2) is 42.5 Å². The number of amides is 1. The first-order valence-electron chi connectivity index (χ1n) is 5.85. The van der Waals surface area contributed by atoms with Crippen molar-refractivity contribution < 1.29 is 9.53 Å². The Morgan fingerprint density at radius 1 is 1.26 bits per heavy atom. The fourth-order valence-electron chi connectivity index (χ4n) is 1.57. The van der Waals surface area contributed by atoms with Gasteiger partial charge in [-0.1, -0.05) is 6.07 Å². The maximum atomic E-state index is 10.9. The van der Waals surface area contributed by atoms with E-state index in [0.29, 0.717) is 17.9 Å². The van der Waals surface area contributed by atoms with Crippen LogP contribution in [0, 0.1) is 0 Å². The van der Waals surface area contributed by atoms with Gasteiger partial charge in [-0.05, 0) is 36.4 Å². The predicted octanol–water partition coefficient (Wildman–Crippen LogP) is 1.80. The first-order chi connectivity index (χ1) is 9.19. The molecule has 0 bridgehead atoms. The van der Waals surface area contributed by atoms with Gasteiger partial charge in [0.25, 0.3) is 0 Å². The van der Waals surface area contributed by atoms with Crippen molar-refractivity contribution in [2.45, 2.75) is 6.61 Å². The van der Waals surface area contributed by atoms with Crippen molar-refractivity contribution in [1.29, 1.82) is 0 Å². The number of primary amides is 1. The van der Waals surface area contributed by atoms with Gasteiger partial charge in [0.15, 0.2) is 0 Å². The molecule has 5 nitrogen and oxygen atoms in total. The molecule has 1 aromatic heterocycles. The fourth-order valence-corrected chi connectivity index (χ4v) is 1.57. The first-order valence-corrected chi connectivity index (χ1v) is 5.85. The van der Waals surface area contributed by atoms with Gasteiger partial charge >= 0.3 is 0 Å². The molecule has 98 valence electrons. The Hall–Kier alpha value is -2.56. The lowest BCUT2D eigenvalue weighted by Gasteiger charge is -2.07. The molecular weight excluding hydrogens is 242 g/mol. The molecule has 0 aliphatic heterocycles. The second-order valence-corrected chi connectivity index (χ2v) is 3.94. The van der Waals surface area contributed by atoms with E-state index >= 15 is 0 Å². The zero-order valence-corrected chi connectivity index (χ0v) is 10.6. The van der Waals surface area contributed by atoms with Crippen molar-refractivity contribution in [2.24, 2.45) is 5.73 Å². The molecule has 0 spiro atoms. The molecule has 2 rings (SSSR count). The zero-order valence-electron chi connectivity index (χ0n) is 10.6. The summed E-state index contributed by atoms with van der Waals surface area (Å²) in [4.78, 5) is 15.3. The van der Waals surface area contributed by atoms with Crippen molar-refractivity contribution in [3.63, 3.8) is 0 Å². The number of rotatable bonds is 5. The number of aromatic nitrogens is 1. The van der Waals surface area contributed by atoms with Gasteiger partial charge in [-0.2, -0.15) is 0 Å². The molecule has 0 atom stereocenters. The maximum absolute atomic E-state index is 10.9. The van der Waals surface area contributed by atoms with Crippen LogP contribution in [0.3, 0.4) is 0 Å². The average molecular weight is 257 g/mol. The van der Waals surface area contributed by atoms with Crippen LogP contribution in [0.2, 0.25) is 0 Å². The molecule has 0 aliphatic rings. The van der Waals surface area contributed by atoms with Crippen molar-refractivity contribution in [1.82, 2.24) is 4.98 Å². The smallest absolute Gasteiger partial charge is 0.248 e. The number of hydrogen-bond acceptors (Lipinski definition) is 4. The van der Waals surface area contributed by atoms with Gasteiger partial charge in [0, 0.05) is 12.6 Å². The Kier molecular flexibility index (Phi) is 3.97. The molecule has 5 heteroatoms. The highest BCUT2D eigenvalue weighted by molar-refractivity contribution is 5.92. The molecule has 0 radical (unpaired) electrons. The Morgan fingerprint density at radius 2 is 2.00 bits per heavy atom. The van der Waals surface area contributed by atoms with Gasteiger partial charge in [0.05, 0.1) is 5.69 Å². The summed E-state index contributed by atoms with van der Waals surface area (Å²) in [6, 6.07) is 12.4. The maximum Gasteiger partial charge on any atom is 0.248 e. The first kappa shape index (κ1) is 12.9. The molecule has 1 heterocycles. The van der Waals surface area contributed by atoms with E-state index in [0.717, 1.165) is 11.5 Å². The summed E-state index contributed by atoms with van der Waals surface area (Å²) < 4.78 is 5.58. The molecule has 0 fully saturated rings. The standard InChI is InChI=1S/C14H15N3O2/c1-16-13-4-2-3-11(17-13)9-19-12-7-5-10(6-8-12)14(15)18/h2-8H,9H2,1H3,(H2,15,18)(H,16,17). The predicted molar refractivity (Wildman–Crippen MR) is 73.1 cm³/mol. The minimum absolute atomic E-state index is 0.367. The SMILES string of the molecule is CNc1cccc(COc2ccc(C(N)=O)cc2)n1.